The molecule has 11 rings (SSSR count). The Bertz CT molecular complexity index is 3380. The predicted octanol–water partition coefficient (Wildman–Crippen LogP) is 12.5. The standard InChI is InChI=1S/C60H46N2O10/c63-57(61(33-37-19-25-43(26-20-37)69-41-11-3-1-4-12-41)35-39-23-29-51-47(31-39)45-15-7-9-17-49(45)71-51)53-55(59(65)66)54(56(53)60(67)68)58(64)62(34-38-21-27-44(28-22-38)70-42-13-5-2-6-14-42)36-40-24-30-52-48(32-40)46-16-8-10-18-50(46)72-52/h1-32,53-56H,33-36H2,(H,65,66)(H,67,68)/t53-,54-,55-,56-. The van der Waals surface area contributed by atoms with Crippen LogP contribution in [0.15, 0.2) is 203 Å². The number of fused-ring (bicyclic) bond motifs is 6. The van der Waals surface area contributed by atoms with Crippen molar-refractivity contribution in [3.8, 4) is 23.0 Å². The minimum absolute atomic E-state index is 0.00366. The largest absolute Gasteiger partial charge is 0.481 e. The van der Waals surface area contributed by atoms with E-state index in [-0.39, 0.29) is 26.2 Å². The number of carboxylic acid groups (broad SMARTS) is 2. The van der Waals surface area contributed by atoms with Crippen LogP contribution in [-0.4, -0.2) is 43.8 Å². The van der Waals surface area contributed by atoms with Gasteiger partial charge in [-0.2, -0.15) is 0 Å². The van der Waals surface area contributed by atoms with E-state index in [0.717, 1.165) is 21.5 Å². The van der Waals surface area contributed by atoms with Crippen molar-refractivity contribution in [1.29, 1.82) is 0 Å². The molecular weight excluding hydrogens is 909 g/mol. The van der Waals surface area contributed by atoms with Crippen molar-refractivity contribution in [2.75, 3.05) is 0 Å². The Balaban J connectivity index is 0.918. The summed E-state index contributed by atoms with van der Waals surface area (Å²) in [5.74, 6) is -8.29. The fourth-order valence-corrected chi connectivity index (χ4v) is 10.0. The van der Waals surface area contributed by atoms with Crippen molar-refractivity contribution in [2.45, 2.75) is 26.2 Å². The van der Waals surface area contributed by atoms with Gasteiger partial charge >= 0.3 is 11.9 Å². The minimum atomic E-state index is -1.65. The Hall–Kier alpha value is -9.16. The van der Waals surface area contributed by atoms with E-state index in [1.807, 2.05) is 170 Å². The zero-order valence-electron chi connectivity index (χ0n) is 38.7. The van der Waals surface area contributed by atoms with Crippen LogP contribution in [0.5, 0.6) is 23.0 Å². The third kappa shape index (κ3) is 9.09. The van der Waals surface area contributed by atoms with Crippen molar-refractivity contribution >= 4 is 67.6 Å². The van der Waals surface area contributed by atoms with E-state index < -0.39 is 47.4 Å². The molecular formula is C60H46N2O10. The number of hydrogen-bond donors (Lipinski definition) is 2. The maximum atomic E-state index is 15.2. The van der Waals surface area contributed by atoms with Crippen molar-refractivity contribution in [3.63, 3.8) is 0 Å². The molecule has 0 bridgehead atoms. The first-order valence-electron chi connectivity index (χ1n) is 23.6. The van der Waals surface area contributed by atoms with Gasteiger partial charge in [0, 0.05) is 47.7 Å². The van der Waals surface area contributed by atoms with Crippen LogP contribution >= 0.6 is 0 Å². The quantitative estimate of drug-likeness (QED) is 0.0954. The second-order valence-electron chi connectivity index (χ2n) is 18.1. The van der Waals surface area contributed by atoms with Crippen molar-refractivity contribution in [3.05, 3.63) is 216 Å². The first kappa shape index (κ1) is 45.3. The van der Waals surface area contributed by atoms with Crippen molar-refractivity contribution < 1.29 is 47.7 Å². The number of amides is 2. The van der Waals surface area contributed by atoms with E-state index >= 15 is 9.59 Å². The molecule has 0 saturated heterocycles. The molecule has 12 nitrogen and oxygen atoms in total. The number of carbonyl (C=O) groups excluding carboxylic acids is 2. The smallest absolute Gasteiger partial charge is 0.308 e. The number of furan rings is 2. The lowest BCUT2D eigenvalue weighted by Crippen LogP contribution is -2.64. The third-order valence-electron chi connectivity index (χ3n) is 13.5. The molecule has 1 aliphatic rings. The number of benzene rings is 8. The van der Waals surface area contributed by atoms with Crippen molar-refractivity contribution in [2.24, 2.45) is 23.7 Å². The molecule has 0 unspecified atom stereocenters. The molecule has 0 radical (unpaired) electrons. The molecule has 2 heterocycles. The van der Waals surface area contributed by atoms with Gasteiger partial charge in [0.05, 0.1) is 23.7 Å². The molecule has 356 valence electrons. The second kappa shape index (κ2) is 19.3. The van der Waals surface area contributed by atoms with Gasteiger partial charge < -0.3 is 38.3 Å². The molecule has 8 aromatic carbocycles. The number of carboxylic acids is 2. The summed E-state index contributed by atoms with van der Waals surface area (Å²) in [5, 5.41) is 25.4. The van der Waals surface area contributed by atoms with Gasteiger partial charge in [-0.05, 0) is 107 Å². The van der Waals surface area contributed by atoms with Gasteiger partial charge in [-0.3, -0.25) is 19.2 Å². The highest BCUT2D eigenvalue weighted by molar-refractivity contribution is 6.06. The monoisotopic (exact) mass is 954 g/mol. The van der Waals surface area contributed by atoms with Crippen LogP contribution in [0, 0.1) is 23.7 Å². The zero-order chi connectivity index (χ0) is 49.3. The Morgan fingerprint density at radius 3 is 1.07 bits per heavy atom. The third-order valence-corrected chi connectivity index (χ3v) is 13.5. The van der Waals surface area contributed by atoms with Crippen LogP contribution in [0.25, 0.3) is 43.9 Å². The van der Waals surface area contributed by atoms with Crippen LogP contribution in [-0.2, 0) is 45.4 Å². The summed E-state index contributed by atoms with van der Waals surface area (Å²) < 4.78 is 24.2. The molecule has 2 N–H and O–H groups in total. The van der Waals surface area contributed by atoms with Gasteiger partial charge in [0.2, 0.25) is 11.8 Å². The maximum absolute atomic E-state index is 15.2. The first-order chi connectivity index (χ1) is 35.1. The van der Waals surface area contributed by atoms with Crippen molar-refractivity contribution in [1.82, 2.24) is 9.80 Å². The number of hydrogen-bond acceptors (Lipinski definition) is 8. The number of aliphatic carboxylic acids is 2. The fourth-order valence-electron chi connectivity index (χ4n) is 10.0. The van der Waals surface area contributed by atoms with E-state index in [1.165, 1.54) is 9.80 Å². The van der Waals surface area contributed by atoms with E-state index in [0.29, 0.717) is 67.6 Å². The minimum Gasteiger partial charge on any atom is -0.481 e. The number of ether oxygens (including phenoxy) is 2. The summed E-state index contributed by atoms with van der Waals surface area (Å²) in [6.45, 7) is 0.0185. The predicted molar refractivity (Wildman–Crippen MR) is 271 cm³/mol. The maximum Gasteiger partial charge on any atom is 0.308 e. The highest BCUT2D eigenvalue weighted by Gasteiger charge is 2.65. The summed E-state index contributed by atoms with van der Waals surface area (Å²) in [7, 11) is 0. The molecule has 0 aliphatic heterocycles. The Morgan fingerprint density at radius 1 is 0.361 bits per heavy atom. The molecule has 72 heavy (non-hydrogen) atoms. The molecule has 12 heteroatoms. The lowest BCUT2D eigenvalue weighted by atomic mass is 9.55. The summed E-state index contributed by atoms with van der Waals surface area (Å²) in [5.41, 5.74) is 5.53. The molecule has 0 atom stereocenters. The zero-order valence-corrected chi connectivity index (χ0v) is 38.7. The molecule has 1 saturated carbocycles. The van der Waals surface area contributed by atoms with E-state index in [1.54, 1.807) is 24.3 Å². The number of rotatable bonds is 16. The molecule has 1 aliphatic carbocycles. The van der Waals surface area contributed by atoms with Gasteiger partial charge in [-0.15, -0.1) is 0 Å². The second-order valence-corrected chi connectivity index (χ2v) is 18.1. The van der Waals surface area contributed by atoms with Gasteiger partial charge in [0.1, 0.15) is 45.3 Å². The lowest BCUT2D eigenvalue weighted by molar-refractivity contribution is -0.188. The Kier molecular flexibility index (Phi) is 12.2. The fraction of sp³-hybridized carbons (Fsp3) is 0.133. The SMILES string of the molecule is O=C(O)[C@H]1[C@H](C(=O)N(Cc2ccc(Oc3ccccc3)cc2)Cc2ccc3oc4ccccc4c3c2)[C@H](C(=O)O)[C@H]1C(=O)N(Cc1ccc(Oc2ccccc2)cc1)Cc1ccc2oc3ccccc3c2c1. The molecule has 2 aromatic heterocycles. The van der Waals surface area contributed by atoms with Gasteiger partial charge in [-0.25, -0.2) is 0 Å². The molecule has 0 spiro atoms. The Labute approximate surface area is 412 Å². The van der Waals surface area contributed by atoms with Crippen LogP contribution in [0.3, 0.4) is 0 Å². The summed E-state index contributed by atoms with van der Waals surface area (Å²) in [6, 6.07) is 59.4. The summed E-state index contributed by atoms with van der Waals surface area (Å²) in [4.78, 5) is 60.4. The van der Waals surface area contributed by atoms with Gasteiger partial charge in [0.25, 0.3) is 0 Å². The van der Waals surface area contributed by atoms with Gasteiger partial charge in [0.15, 0.2) is 0 Å². The van der Waals surface area contributed by atoms with Crippen LogP contribution in [0.2, 0.25) is 0 Å². The highest BCUT2D eigenvalue weighted by Crippen LogP contribution is 2.49. The van der Waals surface area contributed by atoms with Gasteiger partial charge in [-0.1, -0.05) is 109 Å². The van der Waals surface area contributed by atoms with E-state index in [2.05, 4.69) is 0 Å². The lowest BCUT2D eigenvalue weighted by Gasteiger charge is -2.48. The molecule has 1 fully saturated rings. The topological polar surface area (TPSA) is 160 Å². The van der Waals surface area contributed by atoms with Crippen LogP contribution < -0.4 is 9.47 Å². The van der Waals surface area contributed by atoms with E-state index in [9.17, 15) is 19.8 Å². The van der Waals surface area contributed by atoms with Crippen LogP contribution in [0.4, 0.5) is 0 Å². The normalized spacial score (nSPS) is 16.3. The summed E-state index contributed by atoms with van der Waals surface area (Å²) >= 11 is 0. The number of carbonyl (C=O) groups is 4. The summed E-state index contributed by atoms with van der Waals surface area (Å²) in [6.07, 6.45) is 0. The highest BCUT2D eigenvalue weighted by atomic mass is 16.5. The first-order valence-corrected chi connectivity index (χ1v) is 23.6. The molecule has 10 aromatic rings. The van der Waals surface area contributed by atoms with E-state index in [4.69, 9.17) is 18.3 Å². The average Bonchev–Trinajstić information content (AvgIpc) is 3.95. The Morgan fingerprint density at radius 2 is 0.681 bits per heavy atom. The number of para-hydroxylation sites is 4. The molecule has 2 amide bonds. The average molecular weight is 955 g/mol. The number of nitrogens with zero attached hydrogens (tertiary/aromatic N) is 2. The van der Waals surface area contributed by atoms with Crippen LogP contribution in [0.1, 0.15) is 22.3 Å².